The predicted octanol–water partition coefficient (Wildman–Crippen LogP) is 3.21. The van der Waals surface area contributed by atoms with E-state index in [2.05, 4.69) is 24.1 Å². The highest BCUT2D eigenvalue weighted by Crippen LogP contribution is 2.34. The van der Waals surface area contributed by atoms with Gasteiger partial charge < -0.3 is 5.32 Å². The summed E-state index contributed by atoms with van der Waals surface area (Å²) in [5, 5.41) is 3.43. The van der Waals surface area contributed by atoms with Crippen LogP contribution in [0, 0.1) is 11.7 Å². The molecule has 1 unspecified atom stereocenters. The van der Waals surface area contributed by atoms with E-state index in [1.54, 1.807) is 12.1 Å². The van der Waals surface area contributed by atoms with Gasteiger partial charge in [-0.2, -0.15) is 0 Å². The third-order valence-corrected chi connectivity index (χ3v) is 4.25. The summed E-state index contributed by atoms with van der Waals surface area (Å²) in [6, 6.07) is 7.53. The Morgan fingerprint density at radius 1 is 1.16 bits per heavy atom. The summed E-state index contributed by atoms with van der Waals surface area (Å²) >= 11 is 0. The van der Waals surface area contributed by atoms with Crippen molar-refractivity contribution in [3.05, 3.63) is 35.6 Å². The maximum absolute atomic E-state index is 13.1. The van der Waals surface area contributed by atoms with E-state index in [1.165, 1.54) is 18.4 Å². The molecule has 1 aromatic carbocycles. The summed E-state index contributed by atoms with van der Waals surface area (Å²) in [6.07, 6.45) is 2.41. The first-order chi connectivity index (χ1) is 9.26. The van der Waals surface area contributed by atoms with Crippen LogP contribution in [0.25, 0.3) is 0 Å². The molecule has 2 nitrogen and oxygen atoms in total. The highest BCUT2D eigenvalue weighted by atomic mass is 19.1. The van der Waals surface area contributed by atoms with Crippen LogP contribution < -0.4 is 5.32 Å². The number of halogens is 1. The Kier molecular flexibility index (Phi) is 5.34. The number of hydrogen-bond acceptors (Lipinski definition) is 2. The minimum atomic E-state index is -0.146. The zero-order chi connectivity index (χ0) is 13.7. The number of benzene rings is 1. The maximum atomic E-state index is 13.1. The summed E-state index contributed by atoms with van der Waals surface area (Å²) < 4.78 is 13.1. The van der Waals surface area contributed by atoms with Crippen molar-refractivity contribution in [2.75, 3.05) is 26.2 Å². The summed E-state index contributed by atoms with van der Waals surface area (Å²) in [6.45, 7) is 8.71. The van der Waals surface area contributed by atoms with Crippen LogP contribution in [0.3, 0.4) is 0 Å². The molecule has 0 saturated carbocycles. The minimum absolute atomic E-state index is 0.146. The molecule has 19 heavy (non-hydrogen) atoms. The summed E-state index contributed by atoms with van der Waals surface area (Å²) in [5.41, 5.74) is 1.26. The molecule has 0 amide bonds. The van der Waals surface area contributed by atoms with Crippen molar-refractivity contribution in [3.63, 3.8) is 0 Å². The van der Waals surface area contributed by atoms with Gasteiger partial charge in [-0.15, -0.1) is 0 Å². The lowest BCUT2D eigenvalue weighted by atomic mass is 9.85. The molecule has 106 valence electrons. The molecule has 1 N–H and O–H groups in total. The first-order valence-electron chi connectivity index (χ1n) is 7.46. The fraction of sp³-hybridized carbons (Fsp3) is 0.625. The van der Waals surface area contributed by atoms with Gasteiger partial charge in [0.15, 0.2) is 0 Å². The molecule has 0 aromatic heterocycles. The van der Waals surface area contributed by atoms with Crippen molar-refractivity contribution in [3.8, 4) is 0 Å². The van der Waals surface area contributed by atoms with E-state index in [9.17, 15) is 4.39 Å². The van der Waals surface area contributed by atoms with E-state index < -0.39 is 0 Å². The van der Waals surface area contributed by atoms with Crippen molar-refractivity contribution in [1.29, 1.82) is 0 Å². The zero-order valence-electron chi connectivity index (χ0n) is 12.0. The van der Waals surface area contributed by atoms with Gasteiger partial charge in [-0.3, -0.25) is 4.90 Å². The average molecular weight is 264 g/mol. The highest BCUT2D eigenvalue weighted by molar-refractivity contribution is 5.21. The maximum Gasteiger partial charge on any atom is 0.123 e. The van der Waals surface area contributed by atoms with Gasteiger partial charge in [-0.1, -0.05) is 26.0 Å². The Hall–Kier alpha value is -0.930. The lowest BCUT2D eigenvalue weighted by Gasteiger charge is -2.38. The molecule has 1 fully saturated rings. The number of hydrogen-bond donors (Lipinski definition) is 1. The van der Waals surface area contributed by atoms with Gasteiger partial charge >= 0.3 is 0 Å². The lowest BCUT2D eigenvalue weighted by molar-refractivity contribution is 0.133. The van der Waals surface area contributed by atoms with Crippen LogP contribution in [0.4, 0.5) is 4.39 Å². The van der Waals surface area contributed by atoms with Gasteiger partial charge in [-0.25, -0.2) is 4.39 Å². The second-order valence-electron chi connectivity index (χ2n) is 5.31. The molecular formula is C16H25FN2. The molecule has 1 aromatic rings. The van der Waals surface area contributed by atoms with Crippen molar-refractivity contribution in [1.82, 2.24) is 10.2 Å². The Bertz CT molecular complexity index is 367. The minimum Gasteiger partial charge on any atom is -0.317 e. The smallest absolute Gasteiger partial charge is 0.123 e. The fourth-order valence-electron chi connectivity index (χ4n) is 3.22. The summed E-state index contributed by atoms with van der Waals surface area (Å²) in [7, 11) is 0. The fourth-order valence-corrected chi connectivity index (χ4v) is 3.22. The van der Waals surface area contributed by atoms with Gasteiger partial charge in [0.2, 0.25) is 0 Å². The SMILES string of the molecule is CCN(CC)C(c1ccc(F)cc1)C1CCNCC1. The molecule has 3 heteroatoms. The van der Waals surface area contributed by atoms with E-state index in [-0.39, 0.29) is 5.82 Å². The standard InChI is InChI=1S/C16H25FN2/c1-3-19(4-2)16(14-9-11-18-12-10-14)13-5-7-15(17)8-6-13/h5-8,14,16,18H,3-4,9-12H2,1-2H3. The molecule has 0 bridgehead atoms. The molecule has 1 atom stereocenters. The summed E-state index contributed by atoms with van der Waals surface area (Å²) in [4.78, 5) is 2.50. The van der Waals surface area contributed by atoms with E-state index in [0.717, 1.165) is 26.2 Å². The van der Waals surface area contributed by atoms with E-state index in [4.69, 9.17) is 0 Å². The third-order valence-electron chi connectivity index (χ3n) is 4.25. The van der Waals surface area contributed by atoms with Gasteiger partial charge in [0.25, 0.3) is 0 Å². The third kappa shape index (κ3) is 3.54. The van der Waals surface area contributed by atoms with Crippen LogP contribution in [0.2, 0.25) is 0 Å². The van der Waals surface area contributed by atoms with Crippen LogP contribution in [0.1, 0.15) is 38.3 Å². The molecule has 0 spiro atoms. The molecular weight excluding hydrogens is 239 g/mol. The molecule has 1 aliphatic heterocycles. The largest absolute Gasteiger partial charge is 0.317 e. The van der Waals surface area contributed by atoms with Crippen LogP contribution in [0.5, 0.6) is 0 Å². The number of rotatable bonds is 5. The van der Waals surface area contributed by atoms with E-state index in [1.807, 2.05) is 12.1 Å². The van der Waals surface area contributed by atoms with Crippen molar-refractivity contribution in [2.45, 2.75) is 32.7 Å². The Balaban J connectivity index is 2.24. The van der Waals surface area contributed by atoms with Crippen LogP contribution in [-0.4, -0.2) is 31.1 Å². The lowest BCUT2D eigenvalue weighted by Crippen LogP contribution is -2.39. The monoisotopic (exact) mass is 264 g/mol. The Morgan fingerprint density at radius 3 is 2.26 bits per heavy atom. The van der Waals surface area contributed by atoms with Crippen LogP contribution in [-0.2, 0) is 0 Å². The number of nitrogens with zero attached hydrogens (tertiary/aromatic N) is 1. The average Bonchev–Trinajstić information content (AvgIpc) is 2.47. The molecule has 0 radical (unpaired) electrons. The Morgan fingerprint density at radius 2 is 1.74 bits per heavy atom. The topological polar surface area (TPSA) is 15.3 Å². The molecule has 1 heterocycles. The van der Waals surface area contributed by atoms with Crippen molar-refractivity contribution < 1.29 is 4.39 Å². The Labute approximate surface area is 116 Å². The molecule has 2 rings (SSSR count). The predicted molar refractivity (Wildman–Crippen MR) is 77.7 cm³/mol. The zero-order valence-corrected chi connectivity index (χ0v) is 12.0. The van der Waals surface area contributed by atoms with Gasteiger partial charge in [0, 0.05) is 6.04 Å². The van der Waals surface area contributed by atoms with Crippen LogP contribution in [0.15, 0.2) is 24.3 Å². The number of piperidine rings is 1. The van der Waals surface area contributed by atoms with Gasteiger partial charge in [-0.05, 0) is 62.6 Å². The van der Waals surface area contributed by atoms with Crippen molar-refractivity contribution >= 4 is 0 Å². The quantitative estimate of drug-likeness (QED) is 0.878. The normalized spacial score (nSPS) is 18.7. The van der Waals surface area contributed by atoms with E-state index in [0.29, 0.717) is 12.0 Å². The first kappa shape index (κ1) is 14.5. The number of nitrogens with one attached hydrogen (secondary N) is 1. The first-order valence-corrected chi connectivity index (χ1v) is 7.46. The summed E-state index contributed by atoms with van der Waals surface area (Å²) in [5.74, 6) is 0.527. The highest BCUT2D eigenvalue weighted by Gasteiger charge is 2.28. The van der Waals surface area contributed by atoms with Crippen LogP contribution >= 0.6 is 0 Å². The van der Waals surface area contributed by atoms with Gasteiger partial charge in [0.1, 0.15) is 5.82 Å². The van der Waals surface area contributed by atoms with Gasteiger partial charge in [0.05, 0.1) is 0 Å². The molecule has 1 saturated heterocycles. The van der Waals surface area contributed by atoms with Crippen molar-refractivity contribution in [2.24, 2.45) is 5.92 Å². The second kappa shape index (κ2) is 7.01. The second-order valence-corrected chi connectivity index (χ2v) is 5.31. The molecule has 0 aliphatic carbocycles. The molecule has 1 aliphatic rings. The van der Waals surface area contributed by atoms with E-state index >= 15 is 0 Å².